The second kappa shape index (κ2) is 10.1. The first-order valence-corrected chi connectivity index (χ1v) is 9.91. The fourth-order valence-electron chi connectivity index (χ4n) is 3.33. The van der Waals surface area contributed by atoms with Gasteiger partial charge in [-0.3, -0.25) is 4.79 Å². The van der Waals surface area contributed by atoms with Crippen LogP contribution in [0.1, 0.15) is 29.8 Å². The Morgan fingerprint density at radius 3 is 2.40 bits per heavy atom. The Hall–Kier alpha value is -3.06. The molecule has 1 heterocycles. The number of ether oxygens (including phenoxy) is 4. The van der Waals surface area contributed by atoms with Crippen molar-refractivity contribution in [1.82, 2.24) is 4.90 Å². The zero-order chi connectivity index (χ0) is 21.5. The molecule has 1 aliphatic rings. The molecule has 0 spiro atoms. The highest BCUT2D eigenvalue weighted by atomic mass is 16.5. The van der Waals surface area contributed by atoms with E-state index in [1.165, 1.54) is 7.11 Å². The predicted octanol–water partition coefficient (Wildman–Crippen LogP) is 3.07. The number of morpholine rings is 1. The van der Waals surface area contributed by atoms with Crippen molar-refractivity contribution < 1.29 is 28.5 Å². The summed E-state index contributed by atoms with van der Waals surface area (Å²) in [6.07, 6.45) is -0.0813. The maximum Gasteiger partial charge on any atom is 0.338 e. The van der Waals surface area contributed by atoms with Crippen LogP contribution < -0.4 is 9.47 Å². The number of rotatable bonds is 7. The minimum atomic E-state index is -0.592. The molecule has 0 radical (unpaired) electrons. The Balaban J connectivity index is 1.57. The number of hydrogen-bond acceptors (Lipinski definition) is 6. The Bertz CT molecular complexity index is 859. The van der Waals surface area contributed by atoms with E-state index in [0.29, 0.717) is 31.2 Å². The van der Waals surface area contributed by atoms with E-state index in [2.05, 4.69) is 0 Å². The molecule has 2 atom stereocenters. The molecule has 1 fully saturated rings. The van der Waals surface area contributed by atoms with Gasteiger partial charge in [-0.15, -0.1) is 0 Å². The first-order chi connectivity index (χ1) is 14.5. The van der Waals surface area contributed by atoms with Crippen LogP contribution in [0, 0.1) is 0 Å². The van der Waals surface area contributed by atoms with Gasteiger partial charge in [0.25, 0.3) is 5.91 Å². The quantitative estimate of drug-likeness (QED) is 0.650. The van der Waals surface area contributed by atoms with Gasteiger partial charge in [0, 0.05) is 13.1 Å². The number of hydrogen-bond donors (Lipinski definition) is 0. The fraction of sp³-hybridized carbons (Fsp3) is 0.391. The van der Waals surface area contributed by atoms with Gasteiger partial charge in [0.2, 0.25) is 0 Å². The molecule has 0 aromatic heterocycles. The van der Waals surface area contributed by atoms with Gasteiger partial charge in [-0.2, -0.15) is 0 Å². The summed E-state index contributed by atoms with van der Waals surface area (Å²) >= 11 is 0. The molecule has 1 aliphatic heterocycles. The van der Waals surface area contributed by atoms with E-state index in [-0.39, 0.29) is 30.3 Å². The summed E-state index contributed by atoms with van der Waals surface area (Å²) in [5.41, 5.74) is 1.31. The number of amides is 1. The molecule has 2 aromatic carbocycles. The molecule has 1 amide bonds. The summed E-state index contributed by atoms with van der Waals surface area (Å²) in [5, 5.41) is 0. The van der Waals surface area contributed by atoms with Crippen molar-refractivity contribution in [2.75, 3.05) is 26.8 Å². The summed E-state index contributed by atoms with van der Waals surface area (Å²) in [6.45, 7) is 4.87. The van der Waals surface area contributed by atoms with Gasteiger partial charge in [-0.1, -0.05) is 30.3 Å². The van der Waals surface area contributed by atoms with Crippen LogP contribution in [0.15, 0.2) is 48.5 Å². The number of nitrogens with zero attached hydrogens (tertiary/aromatic N) is 1. The smallest absolute Gasteiger partial charge is 0.338 e. The van der Waals surface area contributed by atoms with Gasteiger partial charge in [0.05, 0.1) is 24.9 Å². The Morgan fingerprint density at radius 2 is 1.73 bits per heavy atom. The monoisotopic (exact) mass is 413 g/mol. The molecule has 7 heteroatoms. The molecule has 7 nitrogen and oxygen atoms in total. The van der Waals surface area contributed by atoms with E-state index in [9.17, 15) is 9.59 Å². The highest BCUT2D eigenvalue weighted by Crippen LogP contribution is 2.29. The summed E-state index contributed by atoms with van der Waals surface area (Å²) < 4.78 is 22.0. The number of esters is 1. The average molecular weight is 413 g/mol. The van der Waals surface area contributed by atoms with Crippen molar-refractivity contribution in [3.63, 3.8) is 0 Å². The molecule has 0 N–H and O–H groups in total. The van der Waals surface area contributed by atoms with Crippen molar-refractivity contribution >= 4 is 11.9 Å². The third-order valence-corrected chi connectivity index (χ3v) is 4.74. The first-order valence-electron chi connectivity index (χ1n) is 9.91. The molecule has 3 rings (SSSR count). The number of benzene rings is 2. The van der Waals surface area contributed by atoms with Gasteiger partial charge in [0.1, 0.15) is 6.61 Å². The van der Waals surface area contributed by atoms with Gasteiger partial charge in [-0.25, -0.2) is 4.79 Å². The highest BCUT2D eigenvalue weighted by molar-refractivity contribution is 5.92. The molecule has 160 valence electrons. The highest BCUT2D eigenvalue weighted by Gasteiger charge is 2.26. The van der Waals surface area contributed by atoms with E-state index >= 15 is 0 Å². The number of methoxy groups -OCH3 is 1. The summed E-state index contributed by atoms with van der Waals surface area (Å²) in [7, 11) is 1.50. The lowest BCUT2D eigenvalue weighted by molar-refractivity contribution is -0.146. The Morgan fingerprint density at radius 1 is 1.03 bits per heavy atom. The van der Waals surface area contributed by atoms with E-state index < -0.39 is 5.97 Å². The Kier molecular flexibility index (Phi) is 7.30. The van der Waals surface area contributed by atoms with E-state index in [1.54, 1.807) is 23.1 Å². The van der Waals surface area contributed by atoms with Crippen molar-refractivity contribution in [3.8, 4) is 11.5 Å². The normalized spacial score (nSPS) is 18.6. The van der Waals surface area contributed by atoms with Crippen LogP contribution >= 0.6 is 0 Å². The average Bonchev–Trinajstić information content (AvgIpc) is 2.75. The van der Waals surface area contributed by atoms with Gasteiger partial charge in [0.15, 0.2) is 18.1 Å². The number of carbonyl (C=O) groups excluding carboxylic acids is 2. The molecule has 1 saturated heterocycles. The SMILES string of the molecule is COc1cc(C(=O)OCC(=O)N2C[C@@H](C)O[C@H](C)C2)ccc1OCc1ccccc1. The molecule has 2 aromatic rings. The molecule has 0 bridgehead atoms. The molecule has 0 aliphatic carbocycles. The van der Waals surface area contributed by atoms with E-state index in [0.717, 1.165) is 5.56 Å². The van der Waals surface area contributed by atoms with E-state index in [1.807, 2.05) is 44.2 Å². The van der Waals surface area contributed by atoms with Gasteiger partial charge < -0.3 is 23.8 Å². The summed E-state index contributed by atoms with van der Waals surface area (Å²) in [5.74, 6) is 0.110. The lowest BCUT2D eigenvalue weighted by Crippen LogP contribution is -2.49. The van der Waals surface area contributed by atoms with Crippen LogP contribution in [-0.2, 0) is 20.9 Å². The maximum absolute atomic E-state index is 12.4. The molecule has 0 saturated carbocycles. The second-order valence-corrected chi connectivity index (χ2v) is 7.27. The minimum absolute atomic E-state index is 0.0407. The van der Waals surface area contributed by atoms with Crippen LogP contribution in [-0.4, -0.2) is 55.8 Å². The molecule has 0 unspecified atom stereocenters. The van der Waals surface area contributed by atoms with Crippen LogP contribution in [0.25, 0.3) is 0 Å². The topological polar surface area (TPSA) is 74.3 Å². The Labute approximate surface area is 176 Å². The largest absolute Gasteiger partial charge is 0.493 e. The van der Waals surface area contributed by atoms with Crippen LogP contribution in [0.5, 0.6) is 11.5 Å². The third-order valence-electron chi connectivity index (χ3n) is 4.74. The standard InChI is InChI=1S/C23H27NO6/c1-16-12-24(13-17(2)30-16)22(25)15-29-23(26)19-9-10-20(21(11-19)27-3)28-14-18-7-5-4-6-8-18/h4-11,16-17H,12-15H2,1-3H3/t16-,17-/m1/s1. The summed E-state index contributed by atoms with van der Waals surface area (Å²) in [6, 6.07) is 14.5. The van der Waals surface area contributed by atoms with Crippen LogP contribution in [0.2, 0.25) is 0 Å². The van der Waals surface area contributed by atoms with Crippen LogP contribution in [0.4, 0.5) is 0 Å². The zero-order valence-corrected chi connectivity index (χ0v) is 17.5. The minimum Gasteiger partial charge on any atom is -0.493 e. The predicted molar refractivity (Wildman–Crippen MR) is 111 cm³/mol. The van der Waals surface area contributed by atoms with Crippen molar-refractivity contribution in [2.45, 2.75) is 32.7 Å². The van der Waals surface area contributed by atoms with Crippen molar-refractivity contribution in [2.24, 2.45) is 0 Å². The zero-order valence-electron chi connectivity index (χ0n) is 17.5. The number of carbonyl (C=O) groups is 2. The molecular formula is C23H27NO6. The van der Waals surface area contributed by atoms with Crippen molar-refractivity contribution in [3.05, 3.63) is 59.7 Å². The maximum atomic E-state index is 12.4. The van der Waals surface area contributed by atoms with Crippen LogP contribution in [0.3, 0.4) is 0 Å². The van der Waals surface area contributed by atoms with Crippen molar-refractivity contribution in [1.29, 1.82) is 0 Å². The summed E-state index contributed by atoms with van der Waals surface area (Å²) in [4.78, 5) is 26.4. The first kappa shape index (κ1) is 21.6. The van der Waals surface area contributed by atoms with Gasteiger partial charge >= 0.3 is 5.97 Å². The second-order valence-electron chi connectivity index (χ2n) is 7.27. The fourth-order valence-corrected chi connectivity index (χ4v) is 3.33. The molecular weight excluding hydrogens is 386 g/mol. The lowest BCUT2D eigenvalue weighted by Gasteiger charge is -2.35. The molecule has 30 heavy (non-hydrogen) atoms. The lowest BCUT2D eigenvalue weighted by atomic mass is 10.2. The van der Waals surface area contributed by atoms with Gasteiger partial charge in [-0.05, 0) is 37.6 Å². The third kappa shape index (κ3) is 5.73. The van der Waals surface area contributed by atoms with E-state index in [4.69, 9.17) is 18.9 Å².